The second-order valence-electron chi connectivity index (χ2n) is 2.86. The Kier molecular flexibility index (Phi) is 2.23. The number of ketones is 1. The molecule has 0 saturated carbocycles. The topological polar surface area (TPSA) is 60.4 Å². The fourth-order valence-corrected chi connectivity index (χ4v) is 1.46. The molecule has 0 saturated heterocycles. The third kappa shape index (κ3) is 1.38. The van der Waals surface area contributed by atoms with Gasteiger partial charge in [0.25, 0.3) is 0 Å². The largest absolute Gasteiger partial charge is 0.324 e. The van der Waals surface area contributed by atoms with Gasteiger partial charge in [0.05, 0.1) is 18.3 Å². The Bertz CT molecular complexity index is 492. The van der Waals surface area contributed by atoms with E-state index in [4.69, 9.17) is 17.3 Å². The number of imidazole rings is 1. The SMILES string of the molecule is NCC(=O)c1ccn2c(Cl)ncc2c1. The molecule has 2 rings (SSSR count). The van der Waals surface area contributed by atoms with E-state index >= 15 is 0 Å². The van der Waals surface area contributed by atoms with Crippen molar-refractivity contribution in [3.63, 3.8) is 0 Å². The molecule has 0 radical (unpaired) electrons. The van der Waals surface area contributed by atoms with Gasteiger partial charge < -0.3 is 5.73 Å². The van der Waals surface area contributed by atoms with Crippen LogP contribution in [0.15, 0.2) is 24.5 Å². The highest BCUT2D eigenvalue weighted by atomic mass is 35.5. The highest BCUT2D eigenvalue weighted by molar-refractivity contribution is 6.28. The van der Waals surface area contributed by atoms with Gasteiger partial charge in [-0.25, -0.2) is 4.98 Å². The first kappa shape index (κ1) is 9.18. The van der Waals surface area contributed by atoms with Gasteiger partial charge in [-0.05, 0) is 23.7 Å². The van der Waals surface area contributed by atoms with Gasteiger partial charge in [-0.1, -0.05) is 0 Å². The van der Waals surface area contributed by atoms with Crippen LogP contribution < -0.4 is 5.73 Å². The second-order valence-corrected chi connectivity index (χ2v) is 3.20. The molecule has 2 N–H and O–H groups in total. The van der Waals surface area contributed by atoms with E-state index in [0.29, 0.717) is 10.8 Å². The van der Waals surface area contributed by atoms with Crippen LogP contribution in [0.4, 0.5) is 0 Å². The zero-order valence-corrected chi connectivity index (χ0v) is 8.03. The maximum Gasteiger partial charge on any atom is 0.207 e. The Labute approximate surface area is 85.3 Å². The van der Waals surface area contributed by atoms with Crippen LogP contribution in [-0.4, -0.2) is 21.7 Å². The molecule has 0 aliphatic heterocycles. The van der Waals surface area contributed by atoms with Crippen LogP contribution in [0.25, 0.3) is 5.52 Å². The average molecular weight is 210 g/mol. The Morgan fingerprint density at radius 3 is 3.14 bits per heavy atom. The number of aromatic nitrogens is 2. The number of pyridine rings is 1. The van der Waals surface area contributed by atoms with Gasteiger partial charge in [-0.3, -0.25) is 9.20 Å². The summed E-state index contributed by atoms with van der Waals surface area (Å²) in [5.41, 5.74) is 6.62. The number of rotatable bonds is 2. The van der Waals surface area contributed by atoms with Gasteiger partial charge in [0.2, 0.25) is 5.28 Å². The van der Waals surface area contributed by atoms with Crippen molar-refractivity contribution in [2.24, 2.45) is 5.73 Å². The smallest absolute Gasteiger partial charge is 0.207 e. The third-order valence-corrected chi connectivity index (χ3v) is 2.27. The quantitative estimate of drug-likeness (QED) is 0.755. The van der Waals surface area contributed by atoms with Crippen LogP contribution in [0.3, 0.4) is 0 Å². The molecule has 0 aliphatic carbocycles. The highest BCUT2D eigenvalue weighted by Gasteiger charge is 2.06. The Morgan fingerprint density at radius 1 is 1.64 bits per heavy atom. The molecule has 0 amide bonds. The minimum atomic E-state index is -0.0928. The molecule has 0 aromatic carbocycles. The third-order valence-electron chi connectivity index (χ3n) is 1.99. The summed E-state index contributed by atoms with van der Waals surface area (Å²) >= 11 is 5.78. The fraction of sp³-hybridized carbons (Fsp3) is 0.111. The number of hydrogen-bond acceptors (Lipinski definition) is 3. The predicted octanol–water partition coefficient (Wildman–Crippen LogP) is 1.13. The average Bonchev–Trinajstić information content (AvgIpc) is 2.59. The standard InChI is InChI=1S/C9H8ClN3O/c10-9-12-5-7-3-6(8(14)4-11)1-2-13(7)9/h1-3,5H,4,11H2. The predicted molar refractivity (Wildman–Crippen MR) is 53.6 cm³/mol. The molecule has 0 spiro atoms. The van der Waals surface area contributed by atoms with Crippen molar-refractivity contribution >= 4 is 22.9 Å². The van der Waals surface area contributed by atoms with Crippen molar-refractivity contribution in [2.45, 2.75) is 0 Å². The molecule has 2 aromatic heterocycles. The molecule has 4 nitrogen and oxygen atoms in total. The van der Waals surface area contributed by atoms with Gasteiger partial charge in [-0.2, -0.15) is 0 Å². The zero-order valence-electron chi connectivity index (χ0n) is 7.27. The lowest BCUT2D eigenvalue weighted by atomic mass is 10.1. The summed E-state index contributed by atoms with van der Waals surface area (Å²) in [5, 5.41) is 0.381. The summed E-state index contributed by atoms with van der Waals surface area (Å²) in [7, 11) is 0. The number of Topliss-reactive ketones (excluding diaryl/α,β-unsaturated/α-hetero) is 1. The van der Waals surface area contributed by atoms with Crippen LogP contribution in [0.5, 0.6) is 0 Å². The first-order chi connectivity index (χ1) is 6.72. The lowest BCUT2D eigenvalue weighted by molar-refractivity contribution is 0.100. The van der Waals surface area contributed by atoms with E-state index in [1.807, 2.05) is 0 Å². The summed E-state index contributed by atoms with van der Waals surface area (Å²) in [6.45, 7) is 0.0119. The lowest BCUT2D eigenvalue weighted by Crippen LogP contribution is -2.13. The Balaban J connectivity index is 2.57. The number of nitrogens with two attached hydrogens (primary N) is 1. The summed E-state index contributed by atoms with van der Waals surface area (Å²) in [5.74, 6) is -0.0928. The van der Waals surface area contributed by atoms with Crippen LogP contribution >= 0.6 is 11.6 Å². The molecule has 72 valence electrons. The van der Waals surface area contributed by atoms with Gasteiger partial charge in [0.1, 0.15) is 0 Å². The summed E-state index contributed by atoms with van der Waals surface area (Å²) in [6.07, 6.45) is 3.31. The van der Waals surface area contributed by atoms with Crippen molar-refractivity contribution < 1.29 is 4.79 Å². The number of carbonyl (C=O) groups is 1. The van der Waals surface area contributed by atoms with E-state index in [2.05, 4.69) is 4.98 Å². The molecule has 0 atom stereocenters. The van der Waals surface area contributed by atoms with E-state index in [9.17, 15) is 4.79 Å². The first-order valence-electron chi connectivity index (χ1n) is 4.08. The molecular formula is C9H8ClN3O. The minimum Gasteiger partial charge on any atom is -0.324 e. The summed E-state index contributed by atoms with van der Waals surface area (Å²) < 4.78 is 1.69. The van der Waals surface area contributed by atoms with Crippen LogP contribution in [0.2, 0.25) is 5.28 Å². The number of halogens is 1. The molecule has 0 bridgehead atoms. The van der Waals surface area contributed by atoms with Crippen LogP contribution in [-0.2, 0) is 0 Å². The Morgan fingerprint density at radius 2 is 2.43 bits per heavy atom. The van der Waals surface area contributed by atoms with Gasteiger partial charge in [0, 0.05) is 11.8 Å². The summed E-state index contributed by atoms with van der Waals surface area (Å²) in [6, 6.07) is 3.39. The van der Waals surface area contributed by atoms with Crippen molar-refractivity contribution in [3.05, 3.63) is 35.4 Å². The van der Waals surface area contributed by atoms with E-state index in [0.717, 1.165) is 5.52 Å². The first-order valence-corrected chi connectivity index (χ1v) is 4.46. The highest BCUT2D eigenvalue weighted by Crippen LogP contribution is 2.13. The van der Waals surface area contributed by atoms with Crippen molar-refractivity contribution in [1.29, 1.82) is 0 Å². The van der Waals surface area contributed by atoms with Gasteiger partial charge >= 0.3 is 0 Å². The molecular weight excluding hydrogens is 202 g/mol. The monoisotopic (exact) mass is 209 g/mol. The van der Waals surface area contributed by atoms with Crippen molar-refractivity contribution in [2.75, 3.05) is 6.54 Å². The van der Waals surface area contributed by atoms with Crippen LogP contribution in [0.1, 0.15) is 10.4 Å². The maximum absolute atomic E-state index is 11.3. The number of carbonyl (C=O) groups excluding carboxylic acids is 1. The molecule has 14 heavy (non-hydrogen) atoms. The number of hydrogen-bond donors (Lipinski definition) is 1. The van der Waals surface area contributed by atoms with E-state index in [-0.39, 0.29) is 12.3 Å². The number of fused-ring (bicyclic) bond motifs is 1. The molecule has 0 aliphatic rings. The van der Waals surface area contributed by atoms with E-state index < -0.39 is 0 Å². The number of nitrogens with zero attached hydrogens (tertiary/aromatic N) is 2. The summed E-state index contributed by atoms with van der Waals surface area (Å²) in [4.78, 5) is 15.2. The zero-order chi connectivity index (χ0) is 10.1. The molecule has 5 heteroatoms. The maximum atomic E-state index is 11.3. The van der Waals surface area contributed by atoms with Crippen LogP contribution in [0, 0.1) is 0 Å². The molecule has 2 heterocycles. The van der Waals surface area contributed by atoms with Gasteiger partial charge in [-0.15, -0.1) is 0 Å². The van der Waals surface area contributed by atoms with Crippen molar-refractivity contribution in [1.82, 2.24) is 9.38 Å². The van der Waals surface area contributed by atoms with E-state index in [1.165, 1.54) is 0 Å². The molecule has 0 unspecified atom stereocenters. The minimum absolute atomic E-state index is 0.0119. The van der Waals surface area contributed by atoms with Crippen molar-refractivity contribution in [3.8, 4) is 0 Å². The normalized spacial score (nSPS) is 10.7. The molecule has 2 aromatic rings. The van der Waals surface area contributed by atoms with E-state index in [1.54, 1.807) is 28.9 Å². The lowest BCUT2D eigenvalue weighted by Gasteiger charge is -1.99. The van der Waals surface area contributed by atoms with Gasteiger partial charge in [0.15, 0.2) is 5.78 Å². The Hall–Kier alpha value is -1.39. The second kappa shape index (κ2) is 3.40. The fourth-order valence-electron chi connectivity index (χ4n) is 1.26. The molecule has 0 fully saturated rings.